The van der Waals surface area contributed by atoms with E-state index in [0.717, 1.165) is 48.2 Å². The summed E-state index contributed by atoms with van der Waals surface area (Å²) in [7, 11) is 0. The molecule has 1 aromatic carbocycles. The third kappa shape index (κ3) is 3.14. The molecule has 0 spiro atoms. The standard InChI is InChI=1S/C16H19N3OS/c1-2-18-8-10-19(11-9-18)16(20)14-12-17-15(21-14)13-6-4-3-5-7-13/h3-7,12H,2,8-11H2,1H3. The van der Waals surface area contributed by atoms with Crippen LogP contribution in [0.15, 0.2) is 36.5 Å². The summed E-state index contributed by atoms with van der Waals surface area (Å²) in [6.45, 7) is 6.77. The highest BCUT2D eigenvalue weighted by atomic mass is 32.1. The van der Waals surface area contributed by atoms with Crippen LogP contribution in [0.4, 0.5) is 0 Å². The number of hydrogen-bond acceptors (Lipinski definition) is 4. The molecule has 3 rings (SSSR count). The topological polar surface area (TPSA) is 36.4 Å². The molecule has 21 heavy (non-hydrogen) atoms. The van der Waals surface area contributed by atoms with Crippen LogP contribution in [0.25, 0.3) is 10.6 Å². The molecule has 0 saturated carbocycles. The van der Waals surface area contributed by atoms with Crippen molar-refractivity contribution in [3.8, 4) is 10.6 Å². The van der Waals surface area contributed by atoms with E-state index in [1.54, 1.807) is 6.20 Å². The van der Waals surface area contributed by atoms with E-state index >= 15 is 0 Å². The van der Waals surface area contributed by atoms with Gasteiger partial charge in [-0.05, 0) is 6.54 Å². The lowest BCUT2D eigenvalue weighted by Gasteiger charge is -2.33. The van der Waals surface area contributed by atoms with Gasteiger partial charge in [0.1, 0.15) is 9.88 Å². The van der Waals surface area contributed by atoms with Gasteiger partial charge in [0, 0.05) is 31.7 Å². The Kier molecular flexibility index (Phi) is 4.31. The Bertz CT molecular complexity index is 603. The Morgan fingerprint density at radius 3 is 2.57 bits per heavy atom. The number of hydrogen-bond donors (Lipinski definition) is 0. The van der Waals surface area contributed by atoms with Crippen LogP contribution in [0.3, 0.4) is 0 Å². The van der Waals surface area contributed by atoms with Gasteiger partial charge in [0.2, 0.25) is 0 Å². The van der Waals surface area contributed by atoms with Gasteiger partial charge in [0.25, 0.3) is 5.91 Å². The number of benzene rings is 1. The van der Waals surface area contributed by atoms with Crippen molar-refractivity contribution in [1.29, 1.82) is 0 Å². The van der Waals surface area contributed by atoms with Crippen molar-refractivity contribution in [1.82, 2.24) is 14.8 Å². The fourth-order valence-electron chi connectivity index (χ4n) is 2.51. The first-order valence-electron chi connectivity index (χ1n) is 7.31. The van der Waals surface area contributed by atoms with Gasteiger partial charge in [-0.1, -0.05) is 37.3 Å². The summed E-state index contributed by atoms with van der Waals surface area (Å²) < 4.78 is 0. The van der Waals surface area contributed by atoms with Gasteiger partial charge >= 0.3 is 0 Å². The molecule has 110 valence electrons. The Balaban J connectivity index is 1.70. The Morgan fingerprint density at radius 2 is 1.90 bits per heavy atom. The Hall–Kier alpha value is -1.72. The molecular weight excluding hydrogens is 282 g/mol. The van der Waals surface area contributed by atoms with E-state index < -0.39 is 0 Å². The van der Waals surface area contributed by atoms with Crippen LogP contribution >= 0.6 is 11.3 Å². The maximum Gasteiger partial charge on any atom is 0.265 e. The van der Waals surface area contributed by atoms with Crippen LogP contribution in [-0.2, 0) is 0 Å². The molecule has 0 unspecified atom stereocenters. The first-order valence-corrected chi connectivity index (χ1v) is 8.12. The summed E-state index contributed by atoms with van der Waals surface area (Å²) in [5.41, 5.74) is 1.07. The SMILES string of the molecule is CCN1CCN(C(=O)c2cnc(-c3ccccc3)s2)CC1. The largest absolute Gasteiger partial charge is 0.335 e. The molecular formula is C16H19N3OS. The van der Waals surface area contributed by atoms with Crippen LogP contribution in [0, 0.1) is 0 Å². The van der Waals surface area contributed by atoms with Gasteiger partial charge in [-0.15, -0.1) is 11.3 Å². The third-order valence-electron chi connectivity index (χ3n) is 3.84. The first-order chi connectivity index (χ1) is 10.3. The highest BCUT2D eigenvalue weighted by Crippen LogP contribution is 2.25. The highest BCUT2D eigenvalue weighted by Gasteiger charge is 2.23. The average molecular weight is 301 g/mol. The molecule has 1 aliphatic heterocycles. The number of thiazole rings is 1. The number of amides is 1. The zero-order valence-corrected chi connectivity index (χ0v) is 13.0. The maximum absolute atomic E-state index is 12.5. The van der Waals surface area contributed by atoms with Crippen molar-refractivity contribution in [2.45, 2.75) is 6.92 Å². The number of carbonyl (C=O) groups excluding carboxylic acids is 1. The second-order valence-electron chi connectivity index (χ2n) is 5.12. The third-order valence-corrected chi connectivity index (χ3v) is 4.88. The van der Waals surface area contributed by atoms with E-state index in [4.69, 9.17) is 0 Å². The summed E-state index contributed by atoms with van der Waals surface area (Å²) in [5, 5.41) is 0.908. The lowest BCUT2D eigenvalue weighted by molar-refractivity contribution is 0.0648. The summed E-state index contributed by atoms with van der Waals surface area (Å²) >= 11 is 1.48. The molecule has 0 atom stereocenters. The van der Waals surface area contributed by atoms with Crippen molar-refractivity contribution in [2.75, 3.05) is 32.7 Å². The molecule has 0 radical (unpaired) electrons. The predicted molar refractivity (Wildman–Crippen MR) is 85.6 cm³/mol. The normalized spacial score (nSPS) is 16.1. The van der Waals surface area contributed by atoms with E-state index in [2.05, 4.69) is 16.8 Å². The summed E-state index contributed by atoms with van der Waals surface area (Å²) in [6, 6.07) is 10.0. The lowest BCUT2D eigenvalue weighted by atomic mass is 10.2. The minimum absolute atomic E-state index is 0.116. The molecule has 0 aliphatic carbocycles. The molecule has 1 aliphatic rings. The summed E-state index contributed by atoms with van der Waals surface area (Å²) in [4.78, 5) is 22.0. The highest BCUT2D eigenvalue weighted by molar-refractivity contribution is 7.16. The second-order valence-corrected chi connectivity index (χ2v) is 6.15. The molecule has 0 N–H and O–H groups in total. The van der Waals surface area contributed by atoms with Crippen molar-refractivity contribution in [3.63, 3.8) is 0 Å². The minimum atomic E-state index is 0.116. The quantitative estimate of drug-likeness (QED) is 0.874. The van der Waals surface area contributed by atoms with Crippen molar-refractivity contribution >= 4 is 17.2 Å². The van der Waals surface area contributed by atoms with Crippen molar-refractivity contribution in [2.24, 2.45) is 0 Å². The van der Waals surface area contributed by atoms with Gasteiger partial charge < -0.3 is 9.80 Å². The molecule has 1 amide bonds. The van der Waals surface area contributed by atoms with Gasteiger partial charge in [-0.3, -0.25) is 4.79 Å². The molecule has 2 aromatic rings. The van der Waals surface area contributed by atoms with Gasteiger partial charge in [-0.2, -0.15) is 0 Å². The van der Waals surface area contributed by atoms with Gasteiger partial charge in [0.15, 0.2) is 0 Å². The molecule has 0 bridgehead atoms. The van der Waals surface area contributed by atoms with E-state index in [0.29, 0.717) is 0 Å². The van der Waals surface area contributed by atoms with Crippen molar-refractivity contribution in [3.05, 3.63) is 41.4 Å². The van der Waals surface area contributed by atoms with Crippen LogP contribution in [0.1, 0.15) is 16.6 Å². The Morgan fingerprint density at radius 1 is 1.19 bits per heavy atom. The number of rotatable bonds is 3. The van der Waals surface area contributed by atoms with Crippen LogP contribution in [-0.4, -0.2) is 53.4 Å². The van der Waals surface area contributed by atoms with E-state index in [1.807, 2.05) is 35.2 Å². The predicted octanol–water partition coefficient (Wildman–Crippen LogP) is 2.59. The number of nitrogens with zero attached hydrogens (tertiary/aromatic N) is 3. The minimum Gasteiger partial charge on any atom is -0.335 e. The molecule has 4 nitrogen and oxygen atoms in total. The smallest absolute Gasteiger partial charge is 0.265 e. The Labute approximate surface area is 129 Å². The van der Waals surface area contributed by atoms with Gasteiger partial charge in [0.05, 0.1) is 6.20 Å². The molecule has 1 saturated heterocycles. The molecule has 2 heterocycles. The number of aromatic nitrogens is 1. The van der Waals surface area contributed by atoms with E-state index in [9.17, 15) is 4.79 Å². The summed E-state index contributed by atoms with van der Waals surface area (Å²) in [5.74, 6) is 0.116. The van der Waals surface area contributed by atoms with E-state index in [-0.39, 0.29) is 5.91 Å². The first kappa shape index (κ1) is 14.2. The maximum atomic E-state index is 12.5. The van der Waals surface area contributed by atoms with Crippen LogP contribution in [0.2, 0.25) is 0 Å². The second kappa shape index (κ2) is 6.37. The number of carbonyl (C=O) groups is 1. The molecule has 1 fully saturated rings. The fourth-order valence-corrected chi connectivity index (χ4v) is 3.40. The van der Waals surface area contributed by atoms with E-state index in [1.165, 1.54) is 11.3 Å². The average Bonchev–Trinajstić information content (AvgIpc) is 3.05. The number of piperazine rings is 1. The summed E-state index contributed by atoms with van der Waals surface area (Å²) in [6.07, 6.45) is 1.71. The monoisotopic (exact) mass is 301 g/mol. The fraction of sp³-hybridized carbons (Fsp3) is 0.375. The molecule has 1 aromatic heterocycles. The van der Waals surface area contributed by atoms with Crippen LogP contribution < -0.4 is 0 Å². The van der Waals surface area contributed by atoms with Gasteiger partial charge in [-0.25, -0.2) is 4.98 Å². The molecule has 5 heteroatoms. The van der Waals surface area contributed by atoms with Crippen LogP contribution in [0.5, 0.6) is 0 Å². The number of likely N-dealkylation sites (N-methyl/N-ethyl adjacent to an activating group) is 1. The lowest BCUT2D eigenvalue weighted by Crippen LogP contribution is -2.48. The zero-order valence-electron chi connectivity index (χ0n) is 12.2. The van der Waals surface area contributed by atoms with Crippen molar-refractivity contribution < 1.29 is 4.79 Å². The zero-order chi connectivity index (χ0) is 14.7.